The fraction of sp³-hybridized carbons (Fsp3) is 0.143. The molecule has 3 aromatic rings. The molecule has 0 saturated heterocycles. The van der Waals surface area contributed by atoms with Gasteiger partial charge in [-0.15, -0.1) is 0 Å². The minimum atomic E-state index is -3.92. The number of hydrogen-bond acceptors (Lipinski definition) is 7. The first-order valence-electron chi connectivity index (χ1n) is 11.9. The van der Waals surface area contributed by atoms with Crippen LogP contribution in [0.5, 0.6) is 0 Å². The Morgan fingerprint density at radius 2 is 1.79 bits per heavy atom. The molecule has 39 heavy (non-hydrogen) atoms. The lowest BCUT2D eigenvalue weighted by Gasteiger charge is -2.39. The SMILES string of the molecule is N#CC1=C(/N=C/c2ccncc2)N(c2ccc(S(N)(=O)=O)cc2)C2=C(C(=O)CCC2)C1c1ccc(Cl)cc1Cl. The van der Waals surface area contributed by atoms with Gasteiger partial charge in [-0.3, -0.25) is 14.7 Å². The Kier molecular flexibility index (Phi) is 7.38. The van der Waals surface area contributed by atoms with Gasteiger partial charge < -0.3 is 0 Å². The molecule has 2 N–H and O–H groups in total. The fourth-order valence-corrected chi connectivity index (χ4v) is 5.90. The van der Waals surface area contributed by atoms with E-state index in [4.69, 9.17) is 33.3 Å². The van der Waals surface area contributed by atoms with Gasteiger partial charge in [0.25, 0.3) is 0 Å². The number of anilines is 1. The number of carbonyl (C=O) groups is 1. The molecule has 8 nitrogen and oxygen atoms in total. The normalized spacial score (nSPS) is 17.9. The summed E-state index contributed by atoms with van der Waals surface area (Å²) in [7, 11) is -3.92. The number of rotatable bonds is 5. The number of pyridine rings is 1. The Bertz CT molecular complexity index is 1710. The number of Topliss-reactive ketones (excluding diaryl/α,β-unsaturated/α-hetero) is 1. The van der Waals surface area contributed by atoms with Gasteiger partial charge in [0.2, 0.25) is 10.0 Å². The topological polar surface area (TPSA) is 130 Å². The molecule has 0 fully saturated rings. The molecule has 1 aliphatic heterocycles. The van der Waals surface area contributed by atoms with E-state index in [0.29, 0.717) is 57.6 Å². The van der Waals surface area contributed by atoms with Gasteiger partial charge in [-0.1, -0.05) is 29.3 Å². The van der Waals surface area contributed by atoms with Crippen molar-refractivity contribution in [2.75, 3.05) is 4.90 Å². The van der Waals surface area contributed by atoms with Gasteiger partial charge in [-0.2, -0.15) is 5.26 Å². The number of nitrogens with two attached hydrogens (primary N) is 1. The average molecular weight is 578 g/mol. The molecule has 5 rings (SSSR count). The second-order valence-electron chi connectivity index (χ2n) is 9.00. The van der Waals surface area contributed by atoms with Gasteiger partial charge in [0, 0.05) is 52.0 Å². The first kappa shape index (κ1) is 26.8. The van der Waals surface area contributed by atoms with Crippen molar-refractivity contribution in [3.63, 3.8) is 0 Å². The van der Waals surface area contributed by atoms with Crippen molar-refractivity contribution in [3.8, 4) is 6.07 Å². The number of ketones is 1. The van der Waals surface area contributed by atoms with E-state index >= 15 is 0 Å². The van der Waals surface area contributed by atoms with Gasteiger partial charge in [0.05, 0.1) is 22.5 Å². The highest BCUT2D eigenvalue weighted by Gasteiger charge is 2.41. The summed E-state index contributed by atoms with van der Waals surface area (Å²) in [5.74, 6) is -0.558. The summed E-state index contributed by atoms with van der Waals surface area (Å²) in [6, 6.07) is 16.7. The number of carbonyl (C=O) groups excluding carboxylic acids is 1. The lowest BCUT2D eigenvalue weighted by molar-refractivity contribution is -0.116. The van der Waals surface area contributed by atoms with E-state index < -0.39 is 15.9 Å². The lowest BCUT2D eigenvalue weighted by atomic mass is 9.75. The lowest BCUT2D eigenvalue weighted by Crippen LogP contribution is -2.35. The summed E-state index contributed by atoms with van der Waals surface area (Å²) in [6.07, 6.45) is 6.33. The molecular weight excluding hydrogens is 557 g/mol. The van der Waals surface area contributed by atoms with Crippen molar-refractivity contribution in [2.24, 2.45) is 10.1 Å². The maximum Gasteiger partial charge on any atom is 0.238 e. The Hall–Kier alpha value is -3.81. The van der Waals surface area contributed by atoms with E-state index in [0.717, 1.165) is 5.56 Å². The van der Waals surface area contributed by atoms with Crippen molar-refractivity contribution in [1.29, 1.82) is 5.26 Å². The molecule has 11 heteroatoms. The standard InChI is InChI=1S/C28H21Cl2N5O3S/c29-18-4-9-21(23(30)14-18)26-22(15-31)28(34-16-17-10-12-33-13-11-17)35(24-2-1-3-25(36)27(24)26)19-5-7-20(8-6-19)39(32,37)38/h4-14,16,26H,1-3H2,(H2,32,37,38)/b34-16+. The molecule has 2 aliphatic rings. The third kappa shape index (κ3) is 5.24. The van der Waals surface area contributed by atoms with Crippen molar-refractivity contribution in [1.82, 2.24) is 4.98 Å². The number of aromatic nitrogens is 1. The maximum atomic E-state index is 13.5. The fourth-order valence-electron chi connectivity index (χ4n) is 4.86. The van der Waals surface area contributed by atoms with Crippen LogP contribution in [0.3, 0.4) is 0 Å². The zero-order valence-corrected chi connectivity index (χ0v) is 22.7. The number of allylic oxidation sites excluding steroid dienone is 3. The van der Waals surface area contributed by atoms with Crippen LogP contribution in [0.2, 0.25) is 10.0 Å². The van der Waals surface area contributed by atoms with E-state index in [1.165, 1.54) is 12.1 Å². The third-order valence-corrected chi connectivity index (χ3v) is 8.08. The first-order chi connectivity index (χ1) is 18.7. The molecule has 0 spiro atoms. The van der Waals surface area contributed by atoms with E-state index in [1.807, 2.05) is 0 Å². The summed E-state index contributed by atoms with van der Waals surface area (Å²) in [5.41, 5.74) is 3.20. The molecular formula is C28H21Cl2N5O3S. The van der Waals surface area contributed by atoms with Crippen LogP contribution in [-0.4, -0.2) is 25.4 Å². The summed E-state index contributed by atoms with van der Waals surface area (Å²) in [6.45, 7) is 0. The molecule has 0 bridgehead atoms. The number of primary sulfonamides is 1. The molecule has 0 amide bonds. The van der Waals surface area contributed by atoms with E-state index in [2.05, 4.69) is 11.1 Å². The Morgan fingerprint density at radius 3 is 2.44 bits per heavy atom. The zero-order chi connectivity index (χ0) is 27.7. The van der Waals surface area contributed by atoms with Gasteiger partial charge >= 0.3 is 0 Å². The second-order valence-corrected chi connectivity index (χ2v) is 11.4. The van der Waals surface area contributed by atoms with Crippen LogP contribution in [0.4, 0.5) is 5.69 Å². The van der Waals surface area contributed by atoms with Crippen LogP contribution < -0.4 is 10.0 Å². The Labute approximate surface area is 235 Å². The molecule has 1 unspecified atom stereocenters. The quantitative estimate of drug-likeness (QED) is 0.398. The van der Waals surface area contributed by atoms with Crippen molar-refractivity contribution >= 4 is 50.9 Å². The predicted molar refractivity (Wildman–Crippen MR) is 150 cm³/mol. The van der Waals surface area contributed by atoms with Gasteiger partial charge in [-0.05, 0) is 72.5 Å². The number of nitrogens with zero attached hydrogens (tertiary/aromatic N) is 4. The van der Waals surface area contributed by atoms with Crippen LogP contribution in [0.1, 0.15) is 36.3 Å². The average Bonchev–Trinajstić information content (AvgIpc) is 2.91. The molecule has 1 atom stereocenters. The van der Waals surface area contributed by atoms with Crippen molar-refractivity contribution < 1.29 is 13.2 Å². The van der Waals surface area contributed by atoms with Gasteiger partial charge in [0.1, 0.15) is 0 Å². The highest BCUT2D eigenvalue weighted by atomic mass is 35.5. The summed E-state index contributed by atoms with van der Waals surface area (Å²) >= 11 is 12.8. The smallest absolute Gasteiger partial charge is 0.238 e. The second kappa shape index (κ2) is 10.8. The number of benzene rings is 2. The predicted octanol–water partition coefficient (Wildman–Crippen LogP) is 5.50. The third-order valence-electron chi connectivity index (χ3n) is 6.59. The minimum absolute atomic E-state index is 0.0608. The number of aliphatic imine (C=N–C) groups is 1. The zero-order valence-electron chi connectivity index (χ0n) is 20.4. The largest absolute Gasteiger partial charge is 0.298 e. The van der Waals surface area contributed by atoms with Crippen LogP contribution in [0, 0.1) is 11.3 Å². The Morgan fingerprint density at radius 1 is 1.08 bits per heavy atom. The van der Waals surface area contributed by atoms with Gasteiger partial charge in [0.15, 0.2) is 11.6 Å². The van der Waals surface area contributed by atoms with E-state index in [9.17, 15) is 18.5 Å². The van der Waals surface area contributed by atoms with Crippen LogP contribution >= 0.6 is 23.2 Å². The summed E-state index contributed by atoms with van der Waals surface area (Å²) in [4.78, 5) is 23.9. The molecule has 1 aromatic heterocycles. The van der Waals surface area contributed by atoms with Crippen LogP contribution in [0.25, 0.3) is 0 Å². The van der Waals surface area contributed by atoms with Crippen molar-refractivity contribution in [2.45, 2.75) is 30.1 Å². The summed E-state index contributed by atoms with van der Waals surface area (Å²) < 4.78 is 23.8. The maximum absolute atomic E-state index is 13.5. The molecule has 196 valence electrons. The molecule has 2 aromatic carbocycles. The van der Waals surface area contributed by atoms with Crippen LogP contribution in [0.15, 0.2) is 99.5 Å². The minimum Gasteiger partial charge on any atom is -0.298 e. The van der Waals surface area contributed by atoms with E-state index in [-0.39, 0.29) is 16.3 Å². The van der Waals surface area contributed by atoms with Gasteiger partial charge in [-0.25, -0.2) is 18.5 Å². The van der Waals surface area contributed by atoms with Crippen LogP contribution in [-0.2, 0) is 14.8 Å². The number of hydrogen-bond donors (Lipinski definition) is 1. The highest BCUT2D eigenvalue weighted by molar-refractivity contribution is 7.89. The van der Waals surface area contributed by atoms with E-state index in [1.54, 1.807) is 66.0 Å². The van der Waals surface area contributed by atoms with Crippen molar-refractivity contribution in [3.05, 3.63) is 111 Å². The first-order valence-corrected chi connectivity index (χ1v) is 14.2. The number of sulfonamides is 1. The highest BCUT2D eigenvalue weighted by Crippen LogP contribution is 2.49. The monoisotopic (exact) mass is 577 g/mol. The molecule has 2 heterocycles. The molecule has 0 saturated carbocycles. The molecule has 0 radical (unpaired) electrons. The number of halogens is 2. The molecule has 1 aliphatic carbocycles. The Balaban J connectivity index is 1.79. The summed E-state index contributed by atoms with van der Waals surface area (Å²) in [5, 5.41) is 16.6. The number of nitriles is 1.